The summed E-state index contributed by atoms with van der Waals surface area (Å²) in [7, 11) is 0. The van der Waals surface area contributed by atoms with Crippen molar-refractivity contribution in [3.05, 3.63) is 24.3 Å². The standard InChI is InChI=1S/C10H12FN3/c11-10-2-1-8(4-13-10)14-6-7-3-9(14)5-12-7/h1-2,4,7,9,12H,3,5-6H2/t7-,9-/m1/s1. The van der Waals surface area contributed by atoms with E-state index < -0.39 is 5.95 Å². The lowest BCUT2D eigenvalue weighted by Crippen LogP contribution is -2.43. The van der Waals surface area contributed by atoms with Crippen molar-refractivity contribution >= 4 is 5.69 Å². The minimum atomic E-state index is -0.406. The molecule has 74 valence electrons. The Bertz CT molecular complexity index is 338. The van der Waals surface area contributed by atoms with Gasteiger partial charge in [-0.2, -0.15) is 4.39 Å². The Morgan fingerprint density at radius 1 is 1.50 bits per heavy atom. The minimum absolute atomic E-state index is 0.406. The van der Waals surface area contributed by atoms with E-state index in [0.29, 0.717) is 12.1 Å². The molecule has 2 aliphatic rings. The number of pyridine rings is 1. The molecule has 0 radical (unpaired) electrons. The smallest absolute Gasteiger partial charge is 0.212 e. The van der Waals surface area contributed by atoms with Crippen molar-refractivity contribution in [2.45, 2.75) is 18.5 Å². The van der Waals surface area contributed by atoms with E-state index in [1.165, 1.54) is 12.5 Å². The average molecular weight is 193 g/mol. The summed E-state index contributed by atoms with van der Waals surface area (Å²) in [5, 5.41) is 3.43. The number of hydrogen-bond acceptors (Lipinski definition) is 3. The lowest BCUT2D eigenvalue weighted by Gasteiger charge is -2.29. The summed E-state index contributed by atoms with van der Waals surface area (Å²) in [6.07, 6.45) is 2.83. The first-order valence-corrected chi connectivity index (χ1v) is 4.94. The maximum atomic E-state index is 12.6. The van der Waals surface area contributed by atoms with Gasteiger partial charge in [-0.25, -0.2) is 4.98 Å². The lowest BCUT2D eigenvalue weighted by atomic mass is 10.2. The van der Waals surface area contributed by atoms with Crippen molar-refractivity contribution in [3.63, 3.8) is 0 Å². The second-order valence-corrected chi connectivity index (χ2v) is 3.99. The number of anilines is 1. The van der Waals surface area contributed by atoms with Crippen LogP contribution in [0.1, 0.15) is 6.42 Å². The molecule has 2 atom stereocenters. The topological polar surface area (TPSA) is 28.2 Å². The molecule has 2 saturated heterocycles. The highest BCUT2D eigenvalue weighted by Gasteiger charge is 2.37. The molecule has 0 spiro atoms. The van der Waals surface area contributed by atoms with E-state index in [4.69, 9.17) is 0 Å². The van der Waals surface area contributed by atoms with Crippen LogP contribution in [0.4, 0.5) is 10.1 Å². The number of aromatic nitrogens is 1. The van der Waals surface area contributed by atoms with Crippen LogP contribution in [0.2, 0.25) is 0 Å². The molecule has 0 aromatic carbocycles. The number of fused-ring (bicyclic) bond motifs is 2. The van der Waals surface area contributed by atoms with Gasteiger partial charge in [-0.05, 0) is 18.6 Å². The summed E-state index contributed by atoms with van der Waals surface area (Å²) in [6.45, 7) is 2.07. The van der Waals surface area contributed by atoms with Crippen LogP contribution in [0.25, 0.3) is 0 Å². The SMILES string of the molecule is Fc1ccc(N2C[C@H]3C[C@@H]2CN3)cn1. The van der Waals surface area contributed by atoms with Crippen molar-refractivity contribution < 1.29 is 4.39 Å². The van der Waals surface area contributed by atoms with Crippen LogP contribution in [0.5, 0.6) is 0 Å². The van der Waals surface area contributed by atoms with E-state index in [0.717, 1.165) is 18.8 Å². The Morgan fingerprint density at radius 3 is 3.00 bits per heavy atom. The molecule has 14 heavy (non-hydrogen) atoms. The third-order valence-electron chi connectivity index (χ3n) is 3.10. The van der Waals surface area contributed by atoms with Crippen molar-refractivity contribution in [1.82, 2.24) is 10.3 Å². The molecular formula is C10H12FN3. The van der Waals surface area contributed by atoms with Gasteiger partial charge in [0.05, 0.1) is 11.9 Å². The summed E-state index contributed by atoms with van der Waals surface area (Å²) in [6, 6.07) is 4.43. The molecule has 2 bridgehead atoms. The van der Waals surface area contributed by atoms with Crippen molar-refractivity contribution in [2.75, 3.05) is 18.0 Å². The molecule has 1 aromatic heterocycles. The van der Waals surface area contributed by atoms with Gasteiger partial charge in [-0.1, -0.05) is 0 Å². The predicted molar refractivity (Wildman–Crippen MR) is 51.7 cm³/mol. The molecule has 0 amide bonds. The first-order valence-electron chi connectivity index (χ1n) is 4.94. The zero-order chi connectivity index (χ0) is 9.54. The van der Waals surface area contributed by atoms with Crippen LogP contribution in [0.3, 0.4) is 0 Å². The van der Waals surface area contributed by atoms with Crippen LogP contribution >= 0.6 is 0 Å². The number of hydrogen-bond donors (Lipinski definition) is 1. The third kappa shape index (κ3) is 1.18. The summed E-state index contributed by atoms with van der Waals surface area (Å²) in [5.74, 6) is -0.406. The van der Waals surface area contributed by atoms with Crippen LogP contribution < -0.4 is 10.2 Å². The Balaban J connectivity index is 1.86. The van der Waals surface area contributed by atoms with Gasteiger partial charge in [-0.15, -0.1) is 0 Å². The molecule has 2 fully saturated rings. The maximum absolute atomic E-state index is 12.6. The number of nitrogens with one attached hydrogen (secondary N) is 1. The molecular weight excluding hydrogens is 181 g/mol. The molecule has 0 unspecified atom stereocenters. The minimum Gasteiger partial charge on any atom is -0.364 e. The highest BCUT2D eigenvalue weighted by Crippen LogP contribution is 2.28. The van der Waals surface area contributed by atoms with Gasteiger partial charge in [-0.3, -0.25) is 0 Å². The van der Waals surface area contributed by atoms with Crippen molar-refractivity contribution in [2.24, 2.45) is 0 Å². The van der Waals surface area contributed by atoms with E-state index in [1.807, 2.05) is 6.07 Å². The van der Waals surface area contributed by atoms with Gasteiger partial charge in [0.2, 0.25) is 5.95 Å². The van der Waals surface area contributed by atoms with E-state index in [2.05, 4.69) is 15.2 Å². The zero-order valence-electron chi connectivity index (χ0n) is 7.78. The monoisotopic (exact) mass is 193 g/mol. The Kier molecular flexibility index (Phi) is 1.70. The second kappa shape index (κ2) is 2.92. The molecule has 1 N–H and O–H groups in total. The quantitative estimate of drug-likeness (QED) is 0.668. The Hall–Kier alpha value is -1.16. The summed E-state index contributed by atoms with van der Waals surface area (Å²) >= 11 is 0. The number of piperazine rings is 1. The zero-order valence-corrected chi connectivity index (χ0v) is 7.78. The predicted octanol–water partition coefficient (Wildman–Crippen LogP) is 0.771. The molecule has 0 aliphatic carbocycles. The molecule has 3 rings (SSSR count). The van der Waals surface area contributed by atoms with Crippen LogP contribution in [-0.4, -0.2) is 30.2 Å². The fourth-order valence-electron chi connectivity index (χ4n) is 2.41. The number of halogens is 1. The molecule has 0 saturated carbocycles. The average Bonchev–Trinajstić information content (AvgIpc) is 2.80. The maximum Gasteiger partial charge on any atom is 0.212 e. The van der Waals surface area contributed by atoms with E-state index in [1.54, 1.807) is 6.20 Å². The summed E-state index contributed by atoms with van der Waals surface area (Å²) < 4.78 is 12.6. The highest BCUT2D eigenvalue weighted by atomic mass is 19.1. The first-order chi connectivity index (χ1) is 6.83. The molecule has 1 aromatic rings. The van der Waals surface area contributed by atoms with Gasteiger partial charge >= 0.3 is 0 Å². The van der Waals surface area contributed by atoms with E-state index in [-0.39, 0.29) is 0 Å². The van der Waals surface area contributed by atoms with E-state index in [9.17, 15) is 4.39 Å². The third-order valence-corrected chi connectivity index (χ3v) is 3.10. The summed E-state index contributed by atoms with van der Waals surface area (Å²) in [4.78, 5) is 5.99. The van der Waals surface area contributed by atoms with Crippen LogP contribution in [-0.2, 0) is 0 Å². The molecule has 3 heterocycles. The van der Waals surface area contributed by atoms with Gasteiger partial charge in [0.25, 0.3) is 0 Å². The first kappa shape index (κ1) is 8.17. The van der Waals surface area contributed by atoms with Crippen LogP contribution in [0, 0.1) is 5.95 Å². The van der Waals surface area contributed by atoms with Gasteiger partial charge in [0.15, 0.2) is 0 Å². The van der Waals surface area contributed by atoms with Crippen molar-refractivity contribution in [1.29, 1.82) is 0 Å². The van der Waals surface area contributed by atoms with Crippen LogP contribution in [0.15, 0.2) is 18.3 Å². The van der Waals surface area contributed by atoms with E-state index >= 15 is 0 Å². The second-order valence-electron chi connectivity index (χ2n) is 3.99. The van der Waals surface area contributed by atoms with Gasteiger partial charge in [0.1, 0.15) is 0 Å². The number of rotatable bonds is 1. The largest absolute Gasteiger partial charge is 0.364 e. The normalized spacial score (nSPS) is 29.9. The lowest BCUT2D eigenvalue weighted by molar-refractivity contribution is 0.570. The van der Waals surface area contributed by atoms with Gasteiger partial charge in [0, 0.05) is 25.2 Å². The molecule has 2 aliphatic heterocycles. The molecule has 3 nitrogen and oxygen atoms in total. The fraction of sp³-hybridized carbons (Fsp3) is 0.500. The van der Waals surface area contributed by atoms with Gasteiger partial charge < -0.3 is 10.2 Å². The Morgan fingerprint density at radius 2 is 2.43 bits per heavy atom. The summed E-state index contributed by atoms with van der Waals surface area (Å²) in [5.41, 5.74) is 1.04. The molecule has 4 heteroatoms. The number of nitrogens with zero attached hydrogens (tertiary/aromatic N) is 2. The van der Waals surface area contributed by atoms with Crippen molar-refractivity contribution in [3.8, 4) is 0 Å². The fourth-order valence-corrected chi connectivity index (χ4v) is 2.41. The highest BCUT2D eigenvalue weighted by molar-refractivity contribution is 5.47. The Labute approximate surface area is 81.9 Å².